The van der Waals surface area contributed by atoms with E-state index in [1.807, 2.05) is 24.3 Å². The number of aliphatic hydroxyl groups is 1. The van der Waals surface area contributed by atoms with E-state index in [1.165, 1.54) is 0 Å². The molecule has 13 heavy (non-hydrogen) atoms. The summed E-state index contributed by atoms with van der Waals surface area (Å²) >= 11 is 0. The Kier molecular flexibility index (Phi) is 2.69. The molecule has 0 atom stereocenters. The van der Waals surface area contributed by atoms with Gasteiger partial charge in [-0.05, 0) is 25.0 Å². The van der Waals surface area contributed by atoms with Gasteiger partial charge in [-0.15, -0.1) is 0 Å². The molecular formula is C11H13NO. The van der Waals surface area contributed by atoms with Gasteiger partial charge in [0.1, 0.15) is 0 Å². The second-order valence-corrected chi connectivity index (χ2v) is 3.59. The van der Waals surface area contributed by atoms with Crippen LogP contribution in [-0.4, -0.2) is 5.11 Å². The van der Waals surface area contributed by atoms with Gasteiger partial charge < -0.3 is 5.11 Å². The topological polar surface area (TPSA) is 44.0 Å². The lowest BCUT2D eigenvalue weighted by atomic mass is 9.97. The van der Waals surface area contributed by atoms with Gasteiger partial charge in [0.05, 0.1) is 18.1 Å². The van der Waals surface area contributed by atoms with Crippen LogP contribution in [0.5, 0.6) is 0 Å². The molecule has 0 fully saturated rings. The molecular weight excluding hydrogens is 162 g/mol. The third-order valence-electron chi connectivity index (χ3n) is 1.94. The Morgan fingerprint density at radius 3 is 2.23 bits per heavy atom. The number of nitriles is 1. The van der Waals surface area contributed by atoms with Gasteiger partial charge in [-0.25, -0.2) is 0 Å². The van der Waals surface area contributed by atoms with Crippen LogP contribution in [0.25, 0.3) is 0 Å². The van der Waals surface area contributed by atoms with Crippen molar-refractivity contribution in [1.82, 2.24) is 0 Å². The predicted molar refractivity (Wildman–Crippen MR) is 51.0 cm³/mol. The van der Waals surface area contributed by atoms with E-state index in [9.17, 15) is 5.11 Å². The van der Waals surface area contributed by atoms with Crippen LogP contribution in [0.3, 0.4) is 0 Å². The van der Waals surface area contributed by atoms with Crippen LogP contribution in [0, 0.1) is 11.3 Å². The quantitative estimate of drug-likeness (QED) is 0.746. The zero-order valence-corrected chi connectivity index (χ0v) is 7.91. The van der Waals surface area contributed by atoms with E-state index in [-0.39, 0.29) is 0 Å². The first-order chi connectivity index (χ1) is 6.04. The average molecular weight is 175 g/mol. The molecule has 1 aromatic rings. The van der Waals surface area contributed by atoms with E-state index >= 15 is 0 Å². The number of rotatable bonds is 2. The maximum Gasteiger partial charge on any atom is 0.0840 e. The van der Waals surface area contributed by atoms with E-state index in [2.05, 4.69) is 6.07 Å². The van der Waals surface area contributed by atoms with Crippen molar-refractivity contribution >= 4 is 0 Å². The number of nitrogens with zero attached hydrogens (tertiary/aromatic N) is 1. The maximum absolute atomic E-state index is 9.64. The molecule has 0 saturated carbocycles. The van der Waals surface area contributed by atoms with Crippen molar-refractivity contribution in [3.8, 4) is 6.07 Å². The minimum absolute atomic E-state index is 0.423. The Hall–Kier alpha value is -1.33. The van der Waals surface area contributed by atoms with Crippen molar-refractivity contribution < 1.29 is 5.11 Å². The summed E-state index contributed by atoms with van der Waals surface area (Å²) in [5.41, 5.74) is 1.05. The predicted octanol–water partition coefficient (Wildman–Crippen LogP) is 1.98. The van der Waals surface area contributed by atoms with E-state index in [0.29, 0.717) is 6.42 Å². The molecule has 0 bridgehead atoms. The van der Waals surface area contributed by atoms with Gasteiger partial charge in [0.15, 0.2) is 0 Å². The molecule has 0 heterocycles. The molecule has 0 spiro atoms. The molecule has 0 saturated heterocycles. The molecule has 0 aromatic heterocycles. The molecule has 68 valence electrons. The van der Waals surface area contributed by atoms with Gasteiger partial charge in [0.25, 0.3) is 0 Å². The summed E-state index contributed by atoms with van der Waals surface area (Å²) in [5.74, 6) is 0. The Morgan fingerprint density at radius 2 is 1.85 bits per heavy atom. The minimum Gasteiger partial charge on any atom is -0.386 e. The molecule has 2 heteroatoms. The van der Waals surface area contributed by atoms with E-state index < -0.39 is 5.60 Å². The summed E-state index contributed by atoms with van der Waals surface area (Å²) in [4.78, 5) is 0. The summed E-state index contributed by atoms with van der Waals surface area (Å²) in [5, 5.41) is 18.1. The second-order valence-electron chi connectivity index (χ2n) is 3.59. The van der Waals surface area contributed by atoms with Crippen LogP contribution in [0.1, 0.15) is 25.0 Å². The second kappa shape index (κ2) is 3.59. The molecule has 2 nitrogen and oxygen atoms in total. The lowest BCUT2D eigenvalue weighted by Gasteiger charge is -2.17. The van der Waals surface area contributed by atoms with E-state index in [1.54, 1.807) is 13.8 Å². The van der Waals surface area contributed by atoms with Crippen molar-refractivity contribution in [3.05, 3.63) is 35.4 Å². The summed E-state index contributed by atoms with van der Waals surface area (Å²) in [6, 6.07) is 9.53. The first-order valence-corrected chi connectivity index (χ1v) is 4.23. The first kappa shape index (κ1) is 9.76. The Morgan fingerprint density at radius 1 is 1.31 bits per heavy atom. The first-order valence-electron chi connectivity index (χ1n) is 4.23. The van der Waals surface area contributed by atoms with Crippen molar-refractivity contribution in [1.29, 1.82) is 5.26 Å². The van der Waals surface area contributed by atoms with Gasteiger partial charge in [-0.2, -0.15) is 5.26 Å². The van der Waals surface area contributed by atoms with Crippen LogP contribution in [0.2, 0.25) is 0 Å². The number of hydrogen-bond donors (Lipinski definition) is 1. The number of hydrogen-bond acceptors (Lipinski definition) is 2. The van der Waals surface area contributed by atoms with Gasteiger partial charge in [-0.1, -0.05) is 24.3 Å². The van der Waals surface area contributed by atoms with Crippen LogP contribution >= 0.6 is 0 Å². The van der Waals surface area contributed by atoms with Crippen molar-refractivity contribution in [2.75, 3.05) is 0 Å². The fraction of sp³-hybridized carbons (Fsp3) is 0.364. The zero-order chi connectivity index (χ0) is 9.90. The Balaban J connectivity index is 2.89. The molecule has 0 radical (unpaired) electrons. The fourth-order valence-corrected chi connectivity index (χ4v) is 1.12. The highest BCUT2D eigenvalue weighted by Gasteiger charge is 2.14. The average Bonchev–Trinajstić information content (AvgIpc) is 2.04. The summed E-state index contributed by atoms with van der Waals surface area (Å²) < 4.78 is 0. The molecule has 1 rings (SSSR count). The monoisotopic (exact) mass is 175 g/mol. The molecule has 0 aliphatic carbocycles. The van der Waals surface area contributed by atoms with Crippen LogP contribution < -0.4 is 0 Å². The minimum atomic E-state index is -0.800. The highest BCUT2D eigenvalue weighted by atomic mass is 16.3. The van der Waals surface area contributed by atoms with Gasteiger partial charge >= 0.3 is 0 Å². The van der Waals surface area contributed by atoms with Crippen molar-refractivity contribution in [3.63, 3.8) is 0 Å². The van der Waals surface area contributed by atoms with Crippen molar-refractivity contribution in [2.24, 2.45) is 0 Å². The van der Waals surface area contributed by atoms with Crippen LogP contribution in [0.4, 0.5) is 0 Å². The summed E-state index contributed by atoms with van der Waals surface area (Å²) in [7, 11) is 0. The third-order valence-corrected chi connectivity index (χ3v) is 1.94. The summed E-state index contributed by atoms with van der Waals surface area (Å²) in [6.45, 7) is 3.48. The van der Waals surface area contributed by atoms with Crippen LogP contribution in [-0.2, 0) is 12.0 Å². The molecule has 0 aliphatic rings. The smallest absolute Gasteiger partial charge is 0.0840 e. The summed E-state index contributed by atoms with van der Waals surface area (Å²) in [6.07, 6.45) is 0.423. The molecule has 0 amide bonds. The normalized spacial score (nSPS) is 10.9. The highest BCUT2D eigenvalue weighted by molar-refractivity contribution is 5.27. The molecule has 1 aromatic carbocycles. The fourth-order valence-electron chi connectivity index (χ4n) is 1.12. The van der Waals surface area contributed by atoms with E-state index in [4.69, 9.17) is 5.26 Å². The SMILES string of the molecule is CC(C)(O)c1ccc(CC#N)cc1. The largest absolute Gasteiger partial charge is 0.386 e. The molecule has 1 N–H and O–H groups in total. The van der Waals surface area contributed by atoms with Crippen LogP contribution in [0.15, 0.2) is 24.3 Å². The maximum atomic E-state index is 9.64. The van der Waals surface area contributed by atoms with Crippen molar-refractivity contribution in [2.45, 2.75) is 25.9 Å². The Bertz CT molecular complexity index is 313. The standard InChI is InChI=1S/C11H13NO/c1-11(2,13)10-5-3-9(4-6-10)7-8-12/h3-6,13H,7H2,1-2H3. The van der Waals surface area contributed by atoms with Gasteiger partial charge in [-0.3, -0.25) is 0 Å². The molecule has 0 aliphatic heterocycles. The van der Waals surface area contributed by atoms with Gasteiger partial charge in [0.2, 0.25) is 0 Å². The number of benzene rings is 1. The van der Waals surface area contributed by atoms with Gasteiger partial charge in [0, 0.05) is 0 Å². The lowest BCUT2D eigenvalue weighted by Crippen LogP contribution is -2.15. The Labute approximate surface area is 78.4 Å². The lowest BCUT2D eigenvalue weighted by molar-refractivity contribution is 0.0786. The zero-order valence-electron chi connectivity index (χ0n) is 7.91. The van der Waals surface area contributed by atoms with E-state index in [0.717, 1.165) is 11.1 Å². The molecule has 0 unspecified atom stereocenters. The highest BCUT2D eigenvalue weighted by Crippen LogP contribution is 2.19. The third kappa shape index (κ3) is 2.57.